The van der Waals surface area contributed by atoms with Crippen LogP contribution in [0, 0.1) is 19.8 Å². The van der Waals surface area contributed by atoms with Gasteiger partial charge in [-0.25, -0.2) is 0 Å². The molecule has 1 rings (SSSR count). The molecule has 1 aromatic rings. The fourth-order valence-electron chi connectivity index (χ4n) is 4.86. The van der Waals surface area contributed by atoms with Crippen molar-refractivity contribution in [1.29, 1.82) is 0 Å². The van der Waals surface area contributed by atoms with Gasteiger partial charge < -0.3 is 4.74 Å². The molecule has 0 N–H and O–H groups in total. The molecule has 0 amide bonds. The molecule has 1 heteroatoms. The topological polar surface area (TPSA) is 9.23 Å². The molecule has 0 heterocycles. The maximum Gasteiger partial charge on any atom is 0.125 e. The van der Waals surface area contributed by atoms with Crippen LogP contribution in [-0.4, -0.2) is 6.61 Å². The van der Waals surface area contributed by atoms with E-state index in [1.807, 2.05) is 0 Å². The highest BCUT2D eigenvalue weighted by molar-refractivity contribution is 5.45. The van der Waals surface area contributed by atoms with Gasteiger partial charge in [-0.1, -0.05) is 109 Å². The van der Waals surface area contributed by atoms with Crippen LogP contribution in [0.5, 0.6) is 5.75 Å². The maximum atomic E-state index is 6.37. The Bertz CT molecular complexity index is 754. The van der Waals surface area contributed by atoms with E-state index in [0.29, 0.717) is 0 Å². The van der Waals surface area contributed by atoms with Crippen molar-refractivity contribution in [3.05, 3.63) is 52.1 Å². The molecule has 1 atom stereocenters. The first-order valence-electron chi connectivity index (χ1n) is 15.4. The number of unbranched alkanes of at least 4 members (excludes halogenated alkanes) is 7. The third-order valence-electron chi connectivity index (χ3n) is 7.75. The normalized spacial score (nSPS) is 12.9. The average Bonchev–Trinajstić information content (AvgIpc) is 2.85. The van der Waals surface area contributed by atoms with Gasteiger partial charge in [0.1, 0.15) is 5.75 Å². The molecule has 37 heavy (non-hydrogen) atoms. The number of ether oxygens (including phenoxy) is 1. The Kier molecular flexibility index (Phi) is 21.6. The molecule has 1 unspecified atom stereocenters. The average molecular weight is 513 g/mol. The third-order valence-corrected chi connectivity index (χ3v) is 7.75. The van der Waals surface area contributed by atoms with Gasteiger partial charge in [-0.15, -0.1) is 0 Å². The van der Waals surface area contributed by atoms with Gasteiger partial charge in [0.15, 0.2) is 0 Å². The molecule has 1 nitrogen and oxygen atoms in total. The van der Waals surface area contributed by atoms with Crippen molar-refractivity contribution in [3.8, 4) is 5.75 Å². The van der Waals surface area contributed by atoms with Gasteiger partial charge in [0.05, 0.1) is 6.61 Å². The highest BCUT2D eigenvalue weighted by Crippen LogP contribution is 2.29. The summed E-state index contributed by atoms with van der Waals surface area (Å²) in [6, 6.07) is 4.59. The highest BCUT2D eigenvalue weighted by atomic mass is 16.5. The summed E-state index contributed by atoms with van der Waals surface area (Å²) in [5.74, 6) is 1.91. The molecule has 0 aliphatic rings. The molecular weight excluding hydrogens is 448 g/mol. The van der Waals surface area contributed by atoms with E-state index >= 15 is 0 Å². The lowest BCUT2D eigenvalue weighted by Gasteiger charge is -2.18. The van der Waals surface area contributed by atoms with Gasteiger partial charge in [-0.05, 0) is 108 Å². The summed E-state index contributed by atoms with van der Waals surface area (Å²) in [6.45, 7) is 16.9. The molecule has 0 bridgehead atoms. The summed E-state index contributed by atoms with van der Waals surface area (Å²) >= 11 is 0. The highest BCUT2D eigenvalue weighted by Gasteiger charge is 2.11. The number of hydrogen-bond donors (Lipinski definition) is 0. The molecule has 0 aromatic heterocycles. The van der Waals surface area contributed by atoms with E-state index < -0.39 is 0 Å². The van der Waals surface area contributed by atoms with Crippen molar-refractivity contribution in [2.24, 2.45) is 5.92 Å². The Hall–Kier alpha value is -1.50. The van der Waals surface area contributed by atoms with E-state index in [4.69, 9.17) is 4.74 Å². The standard InChI is InChI=1S/C35H60O.CH4/c1-8-10-12-13-14-16-28-36-35-33(7)32(6)25-27-34(35)26-24-31(5)23-18-22-30(4)21-17-20-29(3)19-15-11-9-2;/h19,22,25,27,31H,8-18,20-21,23-24,26,28H2,1-7H3;1H4/b29-19+,30-22+;. The molecule has 0 fully saturated rings. The zero-order valence-electron chi connectivity index (χ0n) is 25.3. The largest absolute Gasteiger partial charge is 0.493 e. The van der Waals surface area contributed by atoms with Crippen LogP contribution in [0.1, 0.15) is 155 Å². The molecule has 1 aromatic carbocycles. The van der Waals surface area contributed by atoms with Gasteiger partial charge in [0.25, 0.3) is 0 Å². The molecule has 214 valence electrons. The van der Waals surface area contributed by atoms with E-state index in [1.54, 1.807) is 11.1 Å². The fraction of sp³-hybridized carbons (Fsp3) is 0.722. The van der Waals surface area contributed by atoms with Crippen LogP contribution in [-0.2, 0) is 6.42 Å². The summed E-state index contributed by atoms with van der Waals surface area (Å²) in [5, 5.41) is 0. The third kappa shape index (κ3) is 16.9. The minimum Gasteiger partial charge on any atom is -0.493 e. The van der Waals surface area contributed by atoms with E-state index in [2.05, 4.69) is 72.8 Å². The quantitative estimate of drug-likeness (QED) is 0.117. The van der Waals surface area contributed by atoms with Crippen LogP contribution in [0.3, 0.4) is 0 Å². The first-order valence-corrected chi connectivity index (χ1v) is 15.4. The number of allylic oxidation sites excluding steroid dienone is 4. The maximum absolute atomic E-state index is 6.37. The monoisotopic (exact) mass is 512 g/mol. The summed E-state index contributed by atoms with van der Waals surface area (Å²) in [4.78, 5) is 0. The Morgan fingerprint density at radius 1 is 0.784 bits per heavy atom. The van der Waals surface area contributed by atoms with Gasteiger partial charge in [-0.2, -0.15) is 0 Å². The van der Waals surface area contributed by atoms with Crippen molar-refractivity contribution in [2.45, 2.75) is 159 Å². The SMILES string of the molecule is C.CCCC/C=C(\C)CCC/C(C)=C/CCC(C)CCc1ccc(C)c(C)c1OCCCCCCCC. The Labute approximate surface area is 233 Å². The van der Waals surface area contributed by atoms with Crippen molar-refractivity contribution < 1.29 is 4.74 Å². The lowest BCUT2D eigenvalue weighted by atomic mass is 9.94. The number of aryl methyl sites for hydroxylation is 2. The lowest BCUT2D eigenvalue weighted by molar-refractivity contribution is 0.298. The van der Waals surface area contributed by atoms with Crippen LogP contribution in [0.2, 0.25) is 0 Å². The molecule has 0 aliphatic carbocycles. The Morgan fingerprint density at radius 2 is 1.41 bits per heavy atom. The van der Waals surface area contributed by atoms with Crippen molar-refractivity contribution in [3.63, 3.8) is 0 Å². The van der Waals surface area contributed by atoms with Gasteiger partial charge in [-0.3, -0.25) is 0 Å². The second-order valence-corrected chi connectivity index (χ2v) is 11.4. The number of rotatable bonds is 21. The molecule has 0 radical (unpaired) electrons. The lowest BCUT2D eigenvalue weighted by Crippen LogP contribution is -2.05. The second kappa shape index (κ2) is 22.5. The second-order valence-electron chi connectivity index (χ2n) is 11.4. The van der Waals surface area contributed by atoms with Crippen LogP contribution >= 0.6 is 0 Å². The van der Waals surface area contributed by atoms with Crippen LogP contribution in [0.15, 0.2) is 35.4 Å². The molecule has 0 spiro atoms. The first kappa shape index (κ1) is 35.5. The first-order chi connectivity index (χ1) is 17.4. The van der Waals surface area contributed by atoms with Gasteiger partial charge >= 0.3 is 0 Å². The van der Waals surface area contributed by atoms with Crippen molar-refractivity contribution in [1.82, 2.24) is 0 Å². The number of hydrogen-bond acceptors (Lipinski definition) is 1. The summed E-state index contributed by atoms with van der Waals surface area (Å²) < 4.78 is 6.37. The predicted molar refractivity (Wildman–Crippen MR) is 169 cm³/mol. The van der Waals surface area contributed by atoms with Crippen molar-refractivity contribution >= 4 is 0 Å². The zero-order chi connectivity index (χ0) is 26.6. The van der Waals surface area contributed by atoms with Gasteiger partial charge in [0, 0.05) is 0 Å². The number of benzene rings is 1. The Balaban J connectivity index is 0.0000130. The van der Waals surface area contributed by atoms with Crippen LogP contribution < -0.4 is 4.74 Å². The van der Waals surface area contributed by atoms with Crippen LogP contribution in [0.25, 0.3) is 0 Å². The van der Waals surface area contributed by atoms with E-state index in [1.165, 1.54) is 119 Å². The minimum absolute atomic E-state index is 0. The molecular formula is C36H64O. The van der Waals surface area contributed by atoms with Crippen LogP contribution in [0.4, 0.5) is 0 Å². The minimum atomic E-state index is 0. The van der Waals surface area contributed by atoms with Gasteiger partial charge in [0.2, 0.25) is 0 Å². The fourth-order valence-corrected chi connectivity index (χ4v) is 4.86. The molecule has 0 aliphatic heterocycles. The van der Waals surface area contributed by atoms with E-state index in [9.17, 15) is 0 Å². The Morgan fingerprint density at radius 3 is 2.08 bits per heavy atom. The van der Waals surface area contributed by atoms with E-state index in [0.717, 1.165) is 18.9 Å². The predicted octanol–water partition coefficient (Wildman–Crippen LogP) is 12.3. The zero-order valence-corrected chi connectivity index (χ0v) is 25.3. The summed E-state index contributed by atoms with van der Waals surface area (Å²) in [6.07, 6.45) is 25.3. The van der Waals surface area contributed by atoms with E-state index in [-0.39, 0.29) is 7.43 Å². The molecule has 0 saturated heterocycles. The summed E-state index contributed by atoms with van der Waals surface area (Å²) in [5.41, 5.74) is 7.23. The van der Waals surface area contributed by atoms with Crippen molar-refractivity contribution in [2.75, 3.05) is 6.61 Å². The smallest absolute Gasteiger partial charge is 0.125 e. The summed E-state index contributed by atoms with van der Waals surface area (Å²) in [7, 11) is 0. The molecule has 0 saturated carbocycles.